The van der Waals surface area contributed by atoms with Crippen LogP contribution in [0.2, 0.25) is 0 Å². The van der Waals surface area contributed by atoms with Crippen LogP contribution in [0.25, 0.3) is 0 Å². The third kappa shape index (κ3) is 60.7. The van der Waals surface area contributed by atoms with Crippen molar-refractivity contribution in [1.29, 1.82) is 0 Å². The Labute approximate surface area is 469 Å². The number of allylic oxidation sites excluding steroid dienone is 20. The molecule has 0 bridgehead atoms. The van der Waals surface area contributed by atoms with Gasteiger partial charge in [-0.3, -0.25) is 14.4 Å². The topological polar surface area (TPSA) is 78.9 Å². The van der Waals surface area contributed by atoms with Gasteiger partial charge in [0.25, 0.3) is 0 Å². The van der Waals surface area contributed by atoms with E-state index in [0.29, 0.717) is 19.3 Å². The van der Waals surface area contributed by atoms with Crippen LogP contribution in [0.5, 0.6) is 0 Å². The Balaban J connectivity index is 4.24. The summed E-state index contributed by atoms with van der Waals surface area (Å²) in [5, 5.41) is 0. The maximum absolute atomic E-state index is 12.9. The highest BCUT2D eigenvalue weighted by molar-refractivity contribution is 5.71. The number of rotatable bonds is 56. The number of unbranched alkanes of at least 4 members (excludes halogenated alkanes) is 25. The van der Waals surface area contributed by atoms with Crippen LogP contribution in [0, 0.1) is 0 Å². The molecule has 0 N–H and O–H groups in total. The van der Waals surface area contributed by atoms with E-state index in [9.17, 15) is 14.4 Å². The molecule has 0 amide bonds. The van der Waals surface area contributed by atoms with E-state index in [1.165, 1.54) is 103 Å². The van der Waals surface area contributed by atoms with Crippen molar-refractivity contribution >= 4 is 17.9 Å². The van der Waals surface area contributed by atoms with Crippen molar-refractivity contribution in [3.63, 3.8) is 0 Å². The Hall–Kier alpha value is -4.19. The fourth-order valence-electron chi connectivity index (χ4n) is 8.51. The highest BCUT2D eigenvalue weighted by Crippen LogP contribution is 2.15. The fourth-order valence-corrected chi connectivity index (χ4v) is 8.51. The third-order valence-corrected chi connectivity index (χ3v) is 13.2. The highest BCUT2D eigenvalue weighted by atomic mass is 16.6. The fraction of sp³-hybridized carbons (Fsp3) is 0.671. The molecule has 0 aliphatic carbocycles. The van der Waals surface area contributed by atoms with Gasteiger partial charge in [-0.25, -0.2) is 0 Å². The molecular formula is C70H116O6. The number of carbonyl (C=O) groups excluding carboxylic acids is 3. The maximum Gasteiger partial charge on any atom is 0.306 e. The van der Waals surface area contributed by atoms with Gasteiger partial charge in [0.05, 0.1) is 0 Å². The molecule has 432 valence electrons. The van der Waals surface area contributed by atoms with E-state index in [1.54, 1.807) is 0 Å². The van der Waals surface area contributed by atoms with Crippen LogP contribution in [-0.2, 0) is 28.6 Å². The van der Waals surface area contributed by atoms with Gasteiger partial charge in [-0.1, -0.05) is 258 Å². The first-order valence-electron chi connectivity index (χ1n) is 31.5. The van der Waals surface area contributed by atoms with Crippen molar-refractivity contribution in [1.82, 2.24) is 0 Å². The molecule has 1 atom stereocenters. The molecule has 6 heteroatoms. The average Bonchev–Trinajstić information content (AvgIpc) is 3.42. The van der Waals surface area contributed by atoms with Crippen LogP contribution in [0.15, 0.2) is 122 Å². The Morgan fingerprint density at radius 3 is 0.816 bits per heavy atom. The number of carbonyl (C=O) groups is 3. The summed E-state index contributed by atoms with van der Waals surface area (Å²) in [5.41, 5.74) is 0. The molecule has 0 saturated carbocycles. The van der Waals surface area contributed by atoms with Crippen molar-refractivity contribution < 1.29 is 28.6 Å². The molecule has 0 saturated heterocycles. The van der Waals surface area contributed by atoms with Crippen LogP contribution in [0.1, 0.15) is 284 Å². The molecule has 0 rings (SSSR count). The van der Waals surface area contributed by atoms with Gasteiger partial charge in [0.15, 0.2) is 6.10 Å². The summed E-state index contributed by atoms with van der Waals surface area (Å²) < 4.78 is 16.9. The summed E-state index contributed by atoms with van der Waals surface area (Å²) >= 11 is 0. The van der Waals surface area contributed by atoms with E-state index in [2.05, 4.69) is 142 Å². The minimum absolute atomic E-state index is 0.0897. The third-order valence-electron chi connectivity index (χ3n) is 13.2. The first-order valence-corrected chi connectivity index (χ1v) is 31.5. The quantitative estimate of drug-likeness (QED) is 0.0261. The lowest BCUT2D eigenvalue weighted by atomic mass is 10.0. The van der Waals surface area contributed by atoms with E-state index < -0.39 is 6.10 Å². The first kappa shape index (κ1) is 71.8. The Morgan fingerprint density at radius 1 is 0.276 bits per heavy atom. The Bertz CT molecular complexity index is 1590. The zero-order valence-electron chi connectivity index (χ0n) is 49.5. The van der Waals surface area contributed by atoms with Crippen LogP contribution < -0.4 is 0 Å². The first-order chi connectivity index (χ1) is 37.5. The van der Waals surface area contributed by atoms with E-state index >= 15 is 0 Å². The summed E-state index contributed by atoms with van der Waals surface area (Å²) in [4.78, 5) is 38.2. The molecule has 0 aliphatic heterocycles. The average molecular weight is 1050 g/mol. The smallest absolute Gasteiger partial charge is 0.306 e. The lowest BCUT2D eigenvalue weighted by Gasteiger charge is -2.18. The largest absolute Gasteiger partial charge is 0.462 e. The number of ether oxygens (including phenoxy) is 3. The van der Waals surface area contributed by atoms with Crippen molar-refractivity contribution in [2.75, 3.05) is 13.2 Å². The second-order valence-electron chi connectivity index (χ2n) is 20.5. The van der Waals surface area contributed by atoms with E-state index in [4.69, 9.17) is 14.2 Å². The van der Waals surface area contributed by atoms with Crippen LogP contribution >= 0.6 is 0 Å². The van der Waals surface area contributed by atoms with Gasteiger partial charge in [-0.2, -0.15) is 0 Å². The van der Waals surface area contributed by atoms with Gasteiger partial charge < -0.3 is 14.2 Å². The molecule has 0 heterocycles. The summed E-state index contributed by atoms with van der Waals surface area (Å²) in [6.07, 6.45) is 87.8. The molecule has 0 radical (unpaired) electrons. The van der Waals surface area contributed by atoms with Crippen molar-refractivity contribution in [3.8, 4) is 0 Å². The predicted molar refractivity (Wildman–Crippen MR) is 330 cm³/mol. The number of hydrogen-bond donors (Lipinski definition) is 0. The van der Waals surface area contributed by atoms with Crippen LogP contribution in [-0.4, -0.2) is 37.2 Å². The molecule has 0 aliphatic rings. The van der Waals surface area contributed by atoms with Gasteiger partial charge in [-0.05, 0) is 128 Å². The maximum atomic E-state index is 12.9. The van der Waals surface area contributed by atoms with Crippen LogP contribution in [0.3, 0.4) is 0 Å². The molecule has 0 fully saturated rings. The summed E-state index contributed by atoms with van der Waals surface area (Å²) in [6.45, 7) is 6.37. The van der Waals surface area contributed by atoms with Gasteiger partial charge in [0.2, 0.25) is 0 Å². The number of hydrogen-bond acceptors (Lipinski definition) is 6. The molecule has 76 heavy (non-hydrogen) atoms. The summed E-state index contributed by atoms with van der Waals surface area (Å²) in [7, 11) is 0. The Morgan fingerprint density at radius 2 is 0.513 bits per heavy atom. The highest BCUT2D eigenvalue weighted by Gasteiger charge is 2.19. The molecule has 6 nitrogen and oxygen atoms in total. The lowest BCUT2D eigenvalue weighted by Crippen LogP contribution is -2.30. The minimum atomic E-state index is -0.793. The normalized spacial score (nSPS) is 12.9. The Kier molecular flexibility index (Phi) is 59.9. The predicted octanol–water partition coefficient (Wildman–Crippen LogP) is 21.6. The van der Waals surface area contributed by atoms with Crippen molar-refractivity contribution in [2.45, 2.75) is 290 Å². The van der Waals surface area contributed by atoms with Crippen molar-refractivity contribution in [3.05, 3.63) is 122 Å². The molecule has 0 aromatic rings. The van der Waals surface area contributed by atoms with E-state index in [1.807, 2.05) is 0 Å². The van der Waals surface area contributed by atoms with Gasteiger partial charge in [0.1, 0.15) is 13.2 Å². The van der Waals surface area contributed by atoms with Gasteiger partial charge >= 0.3 is 17.9 Å². The second kappa shape index (κ2) is 63.3. The number of esters is 3. The van der Waals surface area contributed by atoms with E-state index in [0.717, 1.165) is 141 Å². The monoisotopic (exact) mass is 1050 g/mol. The zero-order valence-corrected chi connectivity index (χ0v) is 49.5. The molecule has 0 aromatic carbocycles. The summed E-state index contributed by atoms with van der Waals surface area (Å²) in [5.74, 6) is -0.915. The van der Waals surface area contributed by atoms with Gasteiger partial charge in [-0.15, -0.1) is 0 Å². The molecule has 0 spiro atoms. The standard InChI is InChI=1S/C70H116O6/c1-4-7-10-13-16-19-22-25-27-28-29-30-31-32-33-34-35-36-37-38-39-40-41-42-44-45-48-51-54-57-60-63-69(72)75-66-67(65-74-68(71)62-59-56-53-50-47-24-21-18-15-12-9-6-3)76-70(73)64-61-58-55-52-49-46-43-26-23-20-17-14-11-8-5-2/h7-8,10-11,16-21,25-27,29-30,32-33,35-36,43,67H,4-6,9,12-15,22-24,28,31,34,37-42,44-66H2,1-3H3/b10-7-,11-8-,19-16-,20-17-,21-18-,27-25-,30-29-,33-32-,36-35-,43-26-. The lowest BCUT2D eigenvalue weighted by molar-refractivity contribution is -0.167. The zero-order chi connectivity index (χ0) is 55.0. The van der Waals surface area contributed by atoms with Crippen molar-refractivity contribution in [2.24, 2.45) is 0 Å². The second-order valence-corrected chi connectivity index (χ2v) is 20.5. The molecule has 1 unspecified atom stereocenters. The van der Waals surface area contributed by atoms with Crippen LogP contribution in [0.4, 0.5) is 0 Å². The minimum Gasteiger partial charge on any atom is -0.462 e. The molecule has 0 aromatic heterocycles. The van der Waals surface area contributed by atoms with E-state index in [-0.39, 0.29) is 31.1 Å². The SMILES string of the molecule is CC/C=C\C/C=C\C/C=C\C/C=C\C/C=C\C/C=C\CCCCCCCCCCCCCCC(=O)OCC(COC(=O)CCCCCCC/C=C\CCCCC)OC(=O)CCCCCCC/C=C\C/C=C\C/C=C\CC. The van der Waals surface area contributed by atoms with Gasteiger partial charge in [0, 0.05) is 19.3 Å². The summed E-state index contributed by atoms with van der Waals surface area (Å²) in [6, 6.07) is 0. The molecular weight excluding hydrogens is 937 g/mol.